The van der Waals surface area contributed by atoms with Crippen LogP contribution in [0.4, 0.5) is 0 Å². The molecule has 0 atom stereocenters. The minimum atomic E-state index is 0.191. The molecule has 0 saturated carbocycles. The van der Waals surface area contributed by atoms with Crippen molar-refractivity contribution in [2.45, 2.75) is 12.8 Å². The van der Waals surface area contributed by atoms with Crippen LogP contribution in [-0.4, -0.2) is 30.7 Å². The average molecular weight is 141 g/mol. The summed E-state index contributed by atoms with van der Waals surface area (Å²) >= 11 is 0. The molecule has 3 nitrogen and oxygen atoms in total. The third-order valence-corrected chi connectivity index (χ3v) is 1.92. The first-order chi connectivity index (χ1) is 4.86. The van der Waals surface area contributed by atoms with Crippen molar-refractivity contribution in [3.63, 3.8) is 0 Å². The van der Waals surface area contributed by atoms with E-state index in [-0.39, 0.29) is 5.92 Å². The molecular formula is C7H11NO2. The molecule has 0 unspecified atom stereocenters. The van der Waals surface area contributed by atoms with Crippen molar-refractivity contribution in [3.8, 4) is 0 Å². The van der Waals surface area contributed by atoms with Gasteiger partial charge in [0.05, 0.1) is 0 Å². The summed E-state index contributed by atoms with van der Waals surface area (Å²) in [6.45, 7) is 1.49. The molecule has 0 aromatic rings. The fourth-order valence-corrected chi connectivity index (χ4v) is 1.16. The number of hydrogen-bond acceptors (Lipinski definition) is 2. The van der Waals surface area contributed by atoms with Crippen LogP contribution in [0.3, 0.4) is 0 Å². The van der Waals surface area contributed by atoms with E-state index >= 15 is 0 Å². The Morgan fingerprint density at radius 3 is 2.20 bits per heavy atom. The van der Waals surface area contributed by atoms with Gasteiger partial charge >= 0.3 is 0 Å². The normalized spacial score (nSPS) is 20.6. The molecule has 1 saturated heterocycles. The van der Waals surface area contributed by atoms with Crippen LogP contribution in [0, 0.1) is 5.92 Å². The van der Waals surface area contributed by atoms with Gasteiger partial charge in [-0.1, -0.05) is 0 Å². The van der Waals surface area contributed by atoms with Crippen LogP contribution >= 0.6 is 0 Å². The Hall–Kier alpha value is -0.860. The van der Waals surface area contributed by atoms with Gasteiger partial charge in [-0.2, -0.15) is 0 Å². The highest BCUT2D eigenvalue weighted by Crippen LogP contribution is 2.12. The van der Waals surface area contributed by atoms with Gasteiger partial charge in [0.15, 0.2) is 0 Å². The zero-order valence-corrected chi connectivity index (χ0v) is 5.82. The highest BCUT2D eigenvalue weighted by atomic mass is 16.1. The van der Waals surface area contributed by atoms with Gasteiger partial charge in [-0.3, -0.25) is 4.79 Å². The van der Waals surface area contributed by atoms with Crippen molar-refractivity contribution in [1.82, 2.24) is 4.90 Å². The molecule has 0 aliphatic carbocycles. The second-order valence-corrected chi connectivity index (χ2v) is 2.61. The first kappa shape index (κ1) is 7.25. The van der Waals surface area contributed by atoms with Gasteiger partial charge in [-0.05, 0) is 12.8 Å². The molecule has 10 heavy (non-hydrogen) atoms. The highest BCUT2D eigenvalue weighted by molar-refractivity contribution is 5.54. The summed E-state index contributed by atoms with van der Waals surface area (Å²) in [5, 5.41) is 0. The van der Waals surface area contributed by atoms with E-state index in [0.29, 0.717) is 0 Å². The van der Waals surface area contributed by atoms with Crippen LogP contribution in [0.25, 0.3) is 0 Å². The largest absolute Gasteiger partial charge is 0.345 e. The number of nitrogens with zero attached hydrogens (tertiary/aromatic N) is 1. The molecule has 0 radical (unpaired) electrons. The van der Waals surface area contributed by atoms with E-state index in [1.165, 1.54) is 0 Å². The molecule has 0 spiro atoms. The predicted octanol–water partition coefficient (Wildman–Crippen LogP) is 0.0537. The average Bonchev–Trinajstić information content (AvgIpc) is 2.05. The van der Waals surface area contributed by atoms with Gasteiger partial charge in [-0.15, -0.1) is 0 Å². The first-order valence-electron chi connectivity index (χ1n) is 3.51. The van der Waals surface area contributed by atoms with Crippen molar-refractivity contribution in [2.75, 3.05) is 13.1 Å². The Labute approximate surface area is 60.0 Å². The highest BCUT2D eigenvalue weighted by Gasteiger charge is 2.16. The van der Waals surface area contributed by atoms with Crippen molar-refractivity contribution >= 4 is 12.7 Å². The Balaban J connectivity index is 2.30. The topological polar surface area (TPSA) is 37.4 Å². The second-order valence-electron chi connectivity index (χ2n) is 2.61. The number of amides is 1. The standard InChI is InChI=1S/C7H11NO2/c9-5-7-1-3-8(6-10)4-2-7/h5-7H,1-4H2. The Morgan fingerprint density at radius 1 is 1.20 bits per heavy atom. The molecule has 3 heteroatoms. The predicted molar refractivity (Wildman–Crippen MR) is 36.4 cm³/mol. The maximum absolute atomic E-state index is 10.2. The second kappa shape index (κ2) is 3.34. The Morgan fingerprint density at radius 2 is 1.80 bits per heavy atom. The summed E-state index contributed by atoms with van der Waals surface area (Å²) in [6.07, 6.45) is 3.51. The summed E-state index contributed by atoms with van der Waals surface area (Å²) in [4.78, 5) is 22.1. The quantitative estimate of drug-likeness (QED) is 0.510. The smallest absolute Gasteiger partial charge is 0.209 e. The number of carbonyl (C=O) groups is 2. The van der Waals surface area contributed by atoms with Crippen LogP contribution in [0.15, 0.2) is 0 Å². The fraction of sp³-hybridized carbons (Fsp3) is 0.714. The van der Waals surface area contributed by atoms with E-state index in [1.807, 2.05) is 0 Å². The van der Waals surface area contributed by atoms with Crippen molar-refractivity contribution < 1.29 is 9.59 Å². The number of rotatable bonds is 2. The number of aldehydes is 1. The summed E-state index contributed by atoms with van der Waals surface area (Å²) in [6, 6.07) is 0. The lowest BCUT2D eigenvalue weighted by molar-refractivity contribution is -0.121. The number of piperidine rings is 1. The van der Waals surface area contributed by atoms with E-state index in [4.69, 9.17) is 0 Å². The van der Waals surface area contributed by atoms with Crippen LogP contribution in [0.2, 0.25) is 0 Å². The number of carbonyl (C=O) groups excluding carboxylic acids is 2. The van der Waals surface area contributed by atoms with Crippen LogP contribution in [0.5, 0.6) is 0 Å². The monoisotopic (exact) mass is 141 g/mol. The molecule has 1 heterocycles. The molecule has 1 amide bonds. The van der Waals surface area contributed by atoms with Crippen molar-refractivity contribution in [3.05, 3.63) is 0 Å². The third kappa shape index (κ3) is 1.56. The van der Waals surface area contributed by atoms with Gasteiger partial charge in [0.2, 0.25) is 6.41 Å². The lowest BCUT2D eigenvalue weighted by Crippen LogP contribution is -2.32. The van der Waals surface area contributed by atoms with Crippen molar-refractivity contribution in [2.24, 2.45) is 5.92 Å². The molecule has 1 fully saturated rings. The lowest BCUT2D eigenvalue weighted by Gasteiger charge is -2.25. The SMILES string of the molecule is O=CC1CCN(C=O)CC1. The van der Waals surface area contributed by atoms with Gasteiger partial charge in [0.25, 0.3) is 0 Å². The number of likely N-dealkylation sites (tertiary alicyclic amines) is 1. The third-order valence-electron chi connectivity index (χ3n) is 1.92. The maximum Gasteiger partial charge on any atom is 0.209 e. The zero-order valence-electron chi connectivity index (χ0n) is 5.82. The Kier molecular flexibility index (Phi) is 2.42. The van der Waals surface area contributed by atoms with Gasteiger partial charge < -0.3 is 9.69 Å². The molecule has 56 valence electrons. The first-order valence-corrected chi connectivity index (χ1v) is 3.51. The summed E-state index contributed by atoms with van der Waals surface area (Å²) in [5.41, 5.74) is 0. The van der Waals surface area contributed by atoms with E-state index < -0.39 is 0 Å². The van der Waals surface area contributed by atoms with Crippen molar-refractivity contribution in [1.29, 1.82) is 0 Å². The zero-order chi connectivity index (χ0) is 7.40. The van der Waals surface area contributed by atoms with Gasteiger partial charge in [-0.25, -0.2) is 0 Å². The minimum Gasteiger partial charge on any atom is -0.345 e. The number of hydrogen-bond donors (Lipinski definition) is 0. The lowest BCUT2D eigenvalue weighted by atomic mass is 9.99. The summed E-state index contributed by atoms with van der Waals surface area (Å²) in [7, 11) is 0. The summed E-state index contributed by atoms with van der Waals surface area (Å²) < 4.78 is 0. The molecule has 1 aliphatic rings. The Bertz CT molecular complexity index is 112. The molecule has 1 rings (SSSR count). The van der Waals surface area contributed by atoms with E-state index in [2.05, 4.69) is 0 Å². The molecular weight excluding hydrogens is 130 g/mol. The van der Waals surface area contributed by atoms with E-state index in [0.717, 1.165) is 38.6 Å². The molecule has 0 N–H and O–H groups in total. The molecule has 1 aliphatic heterocycles. The van der Waals surface area contributed by atoms with Gasteiger partial charge in [0.1, 0.15) is 6.29 Å². The molecule has 0 bridgehead atoms. The summed E-state index contributed by atoms with van der Waals surface area (Å²) in [5.74, 6) is 0.191. The van der Waals surface area contributed by atoms with Gasteiger partial charge in [0, 0.05) is 19.0 Å². The maximum atomic E-state index is 10.2. The molecule has 0 aromatic heterocycles. The fourth-order valence-electron chi connectivity index (χ4n) is 1.16. The van der Waals surface area contributed by atoms with E-state index in [9.17, 15) is 9.59 Å². The minimum absolute atomic E-state index is 0.191. The van der Waals surface area contributed by atoms with Crippen LogP contribution < -0.4 is 0 Å². The van der Waals surface area contributed by atoms with Crippen LogP contribution in [0.1, 0.15) is 12.8 Å². The van der Waals surface area contributed by atoms with Crippen LogP contribution in [-0.2, 0) is 9.59 Å². The molecule has 0 aromatic carbocycles. The van der Waals surface area contributed by atoms with E-state index in [1.54, 1.807) is 4.90 Å².